The summed E-state index contributed by atoms with van der Waals surface area (Å²) >= 11 is 1.44. The van der Waals surface area contributed by atoms with Crippen LogP contribution in [-0.4, -0.2) is 23.3 Å². The Bertz CT molecular complexity index is 289. The van der Waals surface area contributed by atoms with Crippen molar-refractivity contribution in [1.29, 1.82) is 0 Å². The first-order chi connectivity index (χ1) is 6.77. The van der Waals surface area contributed by atoms with E-state index in [1.807, 2.05) is 25.1 Å². The second kappa shape index (κ2) is 5.65. The van der Waals surface area contributed by atoms with Gasteiger partial charge in [-0.25, -0.2) is 4.98 Å². The van der Waals surface area contributed by atoms with Gasteiger partial charge >= 0.3 is 5.97 Å². The highest BCUT2D eigenvalue weighted by Gasteiger charge is 2.18. The molecule has 76 valence electrons. The Kier molecular flexibility index (Phi) is 4.46. The van der Waals surface area contributed by atoms with Gasteiger partial charge in [0.1, 0.15) is 5.25 Å². The summed E-state index contributed by atoms with van der Waals surface area (Å²) in [6, 6.07) is 5.64. The van der Waals surface area contributed by atoms with Crippen LogP contribution in [0.2, 0.25) is 0 Å². The van der Waals surface area contributed by atoms with E-state index in [0.29, 0.717) is 0 Å². The molecule has 1 aromatic rings. The standard InChI is InChI=1S/C10H13NO2S/c1-3-8(10(12)13-2)14-9-6-4-5-7-11-9/h4-8H,3H2,1-2H3/t8-/m0/s1. The van der Waals surface area contributed by atoms with E-state index in [0.717, 1.165) is 11.4 Å². The van der Waals surface area contributed by atoms with Crippen molar-refractivity contribution in [3.05, 3.63) is 24.4 Å². The molecule has 0 aromatic carbocycles. The second-order valence-electron chi connectivity index (χ2n) is 2.71. The Morgan fingerprint density at radius 2 is 2.43 bits per heavy atom. The van der Waals surface area contributed by atoms with Gasteiger partial charge in [-0.1, -0.05) is 24.8 Å². The molecule has 4 heteroatoms. The lowest BCUT2D eigenvalue weighted by atomic mass is 10.3. The Morgan fingerprint density at radius 3 is 2.93 bits per heavy atom. The van der Waals surface area contributed by atoms with Crippen LogP contribution >= 0.6 is 11.8 Å². The number of rotatable bonds is 4. The van der Waals surface area contributed by atoms with Gasteiger partial charge in [0, 0.05) is 6.20 Å². The van der Waals surface area contributed by atoms with Gasteiger partial charge in [0.2, 0.25) is 0 Å². The summed E-state index contributed by atoms with van der Waals surface area (Å²) in [4.78, 5) is 15.4. The molecule has 1 heterocycles. The maximum Gasteiger partial charge on any atom is 0.319 e. The number of esters is 1. The molecule has 0 saturated carbocycles. The van der Waals surface area contributed by atoms with Gasteiger partial charge in [0.25, 0.3) is 0 Å². The number of hydrogen-bond donors (Lipinski definition) is 0. The number of hydrogen-bond acceptors (Lipinski definition) is 4. The topological polar surface area (TPSA) is 39.2 Å². The van der Waals surface area contributed by atoms with Crippen LogP contribution in [0.3, 0.4) is 0 Å². The van der Waals surface area contributed by atoms with Crippen LogP contribution in [0.15, 0.2) is 29.4 Å². The van der Waals surface area contributed by atoms with E-state index in [1.165, 1.54) is 18.9 Å². The Labute approximate surface area is 87.9 Å². The number of aromatic nitrogens is 1. The molecule has 1 aromatic heterocycles. The van der Waals surface area contributed by atoms with Gasteiger partial charge in [0.05, 0.1) is 12.1 Å². The molecule has 0 saturated heterocycles. The van der Waals surface area contributed by atoms with Gasteiger partial charge in [-0.05, 0) is 18.6 Å². The van der Waals surface area contributed by atoms with Crippen LogP contribution in [-0.2, 0) is 9.53 Å². The van der Waals surface area contributed by atoms with Crippen molar-refractivity contribution in [1.82, 2.24) is 4.98 Å². The molecule has 1 atom stereocenters. The fourth-order valence-corrected chi connectivity index (χ4v) is 1.92. The number of carbonyl (C=O) groups excluding carboxylic acids is 1. The molecule has 14 heavy (non-hydrogen) atoms. The summed E-state index contributed by atoms with van der Waals surface area (Å²) in [5, 5.41) is 0.694. The Morgan fingerprint density at radius 1 is 1.64 bits per heavy atom. The zero-order chi connectivity index (χ0) is 10.4. The smallest absolute Gasteiger partial charge is 0.319 e. The van der Waals surface area contributed by atoms with Crippen molar-refractivity contribution >= 4 is 17.7 Å². The molecule has 1 rings (SSSR count). The number of methoxy groups -OCH3 is 1. The SMILES string of the molecule is CC[C@H](Sc1ccccn1)C(=O)OC. The third-order valence-electron chi connectivity index (χ3n) is 1.74. The fraction of sp³-hybridized carbons (Fsp3) is 0.400. The zero-order valence-electron chi connectivity index (χ0n) is 8.27. The van der Waals surface area contributed by atoms with Gasteiger partial charge in [-0.3, -0.25) is 4.79 Å². The lowest BCUT2D eigenvalue weighted by Gasteiger charge is -2.10. The molecule has 0 spiro atoms. The van der Waals surface area contributed by atoms with Crippen molar-refractivity contribution in [2.45, 2.75) is 23.6 Å². The minimum atomic E-state index is -0.192. The van der Waals surface area contributed by atoms with Crippen LogP contribution in [0.25, 0.3) is 0 Å². The Hall–Kier alpha value is -1.03. The molecular weight excluding hydrogens is 198 g/mol. The molecule has 0 fully saturated rings. The highest BCUT2D eigenvalue weighted by atomic mass is 32.2. The van der Waals surface area contributed by atoms with Gasteiger partial charge < -0.3 is 4.74 Å². The quantitative estimate of drug-likeness (QED) is 0.565. The van der Waals surface area contributed by atoms with Crippen molar-refractivity contribution < 1.29 is 9.53 Å². The van der Waals surface area contributed by atoms with Crippen LogP contribution < -0.4 is 0 Å². The number of thioether (sulfide) groups is 1. The van der Waals surface area contributed by atoms with Gasteiger partial charge in [-0.2, -0.15) is 0 Å². The first-order valence-corrected chi connectivity index (χ1v) is 5.31. The van der Waals surface area contributed by atoms with Crippen LogP contribution in [0.4, 0.5) is 0 Å². The molecular formula is C10H13NO2S. The number of ether oxygens (including phenoxy) is 1. The third kappa shape index (κ3) is 3.03. The van der Waals surface area contributed by atoms with E-state index in [1.54, 1.807) is 6.20 Å². The molecule has 0 N–H and O–H groups in total. The number of carbonyl (C=O) groups is 1. The largest absolute Gasteiger partial charge is 0.468 e. The minimum absolute atomic E-state index is 0.158. The molecule has 0 bridgehead atoms. The normalized spacial score (nSPS) is 12.1. The average molecular weight is 211 g/mol. The maximum absolute atomic E-state index is 11.3. The number of pyridine rings is 1. The lowest BCUT2D eigenvalue weighted by Crippen LogP contribution is -2.17. The van der Waals surface area contributed by atoms with Crippen molar-refractivity contribution in [2.24, 2.45) is 0 Å². The van der Waals surface area contributed by atoms with Crippen molar-refractivity contribution in [3.8, 4) is 0 Å². The molecule has 0 aliphatic heterocycles. The van der Waals surface area contributed by atoms with E-state index < -0.39 is 0 Å². The predicted molar refractivity (Wildman–Crippen MR) is 56.2 cm³/mol. The molecule has 0 radical (unpaired) electrons. The van der Waals surface area contributed by atoms with E-state index >= 15 is 0 Å². The van der Waals surface area contributed by atoms with Crippen molar-refractivity contribution in [2.75, 3.05) is 7.11 Å². The van der Waals surface area contributed by atoms with E-state index in [4.69, 9.17) is 0 Å². The summed E-state index contributed by atoms with van der Waals surface area (Å²) in [5.74, 6) is -0.192. The van der Waals surface area contributed by atoms with E-state index in [-0.39, 0.29) is 11.2 Å². The van der Waals surface area contributed by atoms with E-state index in [9.17, 15) is 4.79 Å². The lowest BCUT2D eigenvalue weighted by molar-refractivity contribution is -0.140. The number of nitrogens with zero attached hydrogens (tertiary/aromatic N) is 1. The van der Waals surface area contributed by atoms with Crippen LogP contribution in [0.1, 0.15) is 13.3 Å². The zero-order valence-corrected chi connectivity index (χ0v) is 9.08. The van der Waals surface area contributed by atoms with Crippen molar-refractivity contribution in [3.63, 3.8) is 0 Å². The molecule has 0 amide bonds. The maximum atomic E-state index is 11.3. The molecule has 0 aliphatic rings. The highest BCUT2D eigenvalue weighted by Crippen LogP contribution is 2.23. The van der Waals surface area contributed by atoms with Gasteiger partial charge in [0.15, 0.2) is 0 Å². The second-order valence-corrected chi connectivity index (χ2v) is 3.93. The molecule has 0 unspecified atom stereocenters. The summed E-state index contributed by atoms with van der Waals surface area (Å²) in [7, 11) is 1.41. The summed E-state index contributed by atoms with van der Waals surface area (Å²) < 4.78 is 4.69. The molecule has 3 nitrogen and oxygen atoms in total. The first kappa shape index (κ1) is 11.0. The minimum Gasteiger partial charge on any atom is -0.468 e. The Balaban J connectivity index is 2.62. The van der Waals surface area contributed by atoms with Crippen LogP contribution in [0.5, 0.6) is 0 Å². The first-order valence-electron chi connectivity index (χ1n) is 4.43. The van der Waals surface area contributed by atoms with E-state index in [2.05, 4.69) is 9.72 Å². The fourth-order valence-electron chi connectivity index (χ4n) is 0.992. The monoisotopic (exact) mass is 211 g/mol. The predicted octanol–water partition coefficient (Wildman–Crippen LogP) is 2.13. The summed E-state index contributed by atoms with van der Waals surface area (Å²) in [5.41, 5.74) is 0. The van der Waals surface area contributed by atoms with Gasteiger partial charge in [-0.15, -0.1) is 0 Å². The summed E-state index contributed by atoms with van der Waals surface area (Å²) in [6.07, 6.45) is 2.46. The summed E-state index contributed by atoms with van der Waals surface area (Å²) in [6.45, 7) is 1.96. The third-order valence-corrected chi connectivity index (χ3v) is 3.03. The molecule has 0 aliphatic carbocycles. The highest BCUT2D eigenvalue weighted by molar-refractivity contribution is 8.00. The van der Waals surface area contributed by atoms with Crippen LogP contribution in [0, 0.1) is 0 Å². The average Bonchev–Trinajstić information content (AvgIpc) is 2.26.